The Morgan fingerprint density at radius 2 is 1.88 bits per heavy atom. The van der Waals surface area contributed by atoms with Gasteiger partial charge in [0, 0.05) is 30.6 Å². The fourth-order valence-corrected chi connectivity index (χ4v) is 3.77. The molecule has 0 aliphatic carbocycles. The van der Waals surface area contributed by atoms with Crippen molar-refractivity contribution in [2.45, 2.75) is 51.6 Å². The van der Waals surface area contributed by atoms with Gasteiger partial charge in [-0.2, -0.15) is 0 Å². The highest BCUT2D eigenvalue weighted by molar-refractivity contribution is 5.98. The van der Waals surface area contributed by atoms with Gasteiger partial charge in [-0.15, -0.1) is 0 Å². The number of carbonyl (C=O) groups excluding carboxylic acids is 2. The summed E-state index contributed by atoms with van der Waals surface area (Å²) in [5, 5.41) is 5.04. The van der Waals surface area contributed by atoms with Crippen molar-refractivity contribution in [3.8, 4) is 0 Å². The number of likely N-dealkylation sites (tertiary alicyclic amines) is 1. The van der Waals surface area contributed by atoms with E-state index in [1.165, 1.54) is 0 Å². The zero-order chi connectivity index (χ0) is 17.8. The third kappa shape index (κ3) is 3.84. The molecule has 1 aliphatic heterocycles. The topological polar surface area (TPSA) is 49.4 Å². The van der Waals surface area contributed by atoms with Gasteiger partial charge in [0.25, 0.3) is 5.91 Å². The number of nitrogens with zero attached hydrogens (tertiary/aromatic N) is 1. The first-order chi connectivity index (χ1) is 12.1. The average Bonchev–Trinajstić information content (AvgIpc) is 3.01. The van der Waals surface area contributed by atoms with Crippen molar-refractivity contribution < 1.29 is 9.59 Å². The molecule has 1 aliphatic rings. The number of amides is 2. The molecule has 1 saturated heterocycles. The standard InChI is InChI=1S/C21H26N2O2/c1-3-19-11-8-15(2)23(19)20(24)12-13-22-21(25)18-10-9-16-6-4-5-7-17(16)14-18/h4-7,9-10,14-15,19H,3,8,11-13H2,1-2H3,(H,22,25)/t15-,19+/m1/s1. The van der Waals surface area contributed by atoms with E-state index in [0.717, 1.165) is 30.0 Å². The lowest BCUT2D eigenvalue weighted by atomic mass is 10.1. The summed E-state index contributed by atoms with van der Waals surface area (Å²) in [5.74, 6) is 0.0238. The first kappa shape index (κ1) is 17.5. The Labute approximate surface area is 149 Å². The van der Waals surface area contributed by atoms with E-state index < -0.39 is 0 Å². The number of nitrogens with one attached hydrogen (secondary N) is 1. The summed E-state index contributed by atoms with van der Waals surface area (Å²) in [7, 11) is 0. The maximum atomic E-state index is 12.5. The van der Waals surface area contributed by atoms with Gasteiger partial charge in [-0.25, -0.2) is 0 Å². The van der Waals surface area contributed by atoms with Crippen LogP contribution in [0.15, 0.2) is 42.5 Å². The second-order valence-electron chi connectivity index (χ2n) is 6.86. The molecule has 4 heteroatoms. The molecule has 1 fully saturated rings. The highest BCUT2D eigenvalue weighted by Gasteiger charge is 2.32. The summed E-state index contributed by atoms with van der Waals surface area (Å²) in [5.41, 5.74) is 0.632. The molecule has 2 aromatic carbocycles. The predicted molar refractivity (Wildman–Crippen MR) is 101 cm³/mol. The molecule has 0 saturated carbocycles. The van der Waals surface area contributed by atoms with E-state index in [2.05, 4.69) is 19.2 Å². The van der Waals surface area contributed by atoms with E-state index in [1.807, 2.05) is 47.4 Å². The third-order valence-electron chi connectivity index (χ3n) is 5.18. The van der Waals surface area contributed by atoms with Crippen molar-refractivity contribution in [3.63, 3.8) is 0 Å². The molecule has 2 aromatic rings. The monoisotopic (exact) mass is 338 g/mol. The van der Waals surface area contributed by atoms with Crippen molar-refractivity contribution in [1.29, 1.82) is 0 Å². The molecule has 4 nitrogen and oxygen atoms in total. The van der Waals surface area contributed by atoms with Crippen molar-refractivity contribution in [2.75, 3.05) is 6.54 Å². The van der Waals surface area contributed by atoms with Crippen LogP contribution < -0.4 is 5.32 Å². The maximum absolute atomic E-state index is 12.5. The van der Waals surface area contributed by atoms with Crippen LogP contribution in [0.4, 0.5) is 0 Å². The minimum atomic E-state index is -0.125. The fourth-order valence-electron chi connectivity index (χ4n) is 3.77. The summed E-state index contributed by atoms with van der Waals surface area (Å²) >= 11 is 0. The number of carbonyl (C=O) groups is 2. The Morgan fingerprint density at radius 1 is 1.12 bits per heavy atom. The van der Waals surface area contributed by atoms with Gasteiger partial charge in [0.15, 0.2) is 0 Å². The quantitative estimate of drug-likeness (QED) is 0.902. The van der Waals surface area contributed by atoms with Crippen molar-refractivity contribution in [2.24, 2.45) is 0 Å². The number of benzene rings is 2. The van der Waals surface area contributed by atoms with Crippen molar-refractivity contribution in [1.82, 2.24) is 10.2 Å². The van der Waals surface area contributed by atoms with Gasteiger partial charge in [-0.05, 0) is 49.1 Å². The maximum Gasteiger partial charge on any atom is 0.251 e. The lowest BCUT2D eigenvalue weighted by molar-refractivity contribution is -0.133. The van der Waals surface area contributed by atoms with Gasteiger partial charge < -0.3 is 10.2 Å². The van der Waals surface area contributed by atoms with E-state index in [0.29, 0.717) is 30.6 Å². The SMILES string of the molecule is CC[C@H]1CC[C@@H](C)N1C(=O)CCNC(=O)c1ccc2ccccc2c1. The Kier molecular flexibility index (Phi) is 5.37. The molecule has 1 N–H and O–H groups in total. The van der Waals surface area contributed by atoms with Crippen LogP contribution in [0.2, 0.25) is 0 Å². The van der Waals surface area contributed by atoms with Gasteiger partial charge in [0.2, 0.25) is 5.91 Å². The third-order valence-corrected chi connectivity index (χ3v) is 5.18. The fraction of sp³-hybridized carbons (Fsp3) is 0.429. The molecule has 25 heavy (non-hydrogen) atoms. The van der Waals surface area contributed by atoms with Crippen LogP contribution in [0.1, 0.15) is 49.9 Å². The largest absolute Gasteiger partial charge is 0.352 e. The Hall–Kier alpha value is -2.36. The molecular formula is C21H26N2O2. The molecule has 3 rings (SSSR count). The lowest BCUT2D eigenvalue weighted by Gasteiger charge is -2.28. The Balaban J connectivity index is 1.55. The Bertz CT molecular complexity index is 771. The molecule has 0 unspecified atom stereocenters. The average molecular weight is 338 g/mol. The number of fused-ring (bicyclic) bond motifs is 1. The van der Waals surface area contributed by atoms with Gasteiger partial charge >= 0.3 is 0 Å². The first-order valence-electron chi connectivity index (χ1n) is 9.18. The van der Waals surface area contributed by atoms with Gasteiger partial charge in [0.05, 0.1) is 0 Å². The molecule has 0 bridgehead atoms. The van der Waals surface area contributed by atoms with E-state index in [4.69, 9.17) is 0 Å². The molecule has 1 heterocycles. The number of rotatable bonds is 5. The van der Waals surface area contributed by atoms with E-state index >= 15 is 0 Å². The zero-order valence-corrected chi connectivity index (χ0v) is 15.0. The van der Waals surface area contributed by atoms with E-state index in [1.54, 1.807) is 0 Å². The summed E-state index contributed by atoms with van der Waals surface area (Å²) in [4.78, 5) is 26.8. The number of hydrogen-bond acceptors (Lipinski definition) is 2. The van der Waals surface area contributed by atoms with Crippen LogP contribution in [0, 0.1) is 0 Å². The molecule has 2 atom stereocenters. The normalized spacial score (nSPS) is 20.0. The molecular weight excluding hydrogens is 312 g/mol. The van der Waals surface area contributed by atoms with Gasteiger partial charge in [-0.3, -0.25) is 9.59 Å². The number of hydrogen-bond donors (Lipinski definition) is 1. The van der Waals surface area contributed by atoms with Crippen LogP contribution in [0.25, 0.3) is 10.8 Å². The highest BCUT2D eigenvalue weighted by atomic mass is 16.2. The molecule has 0 radical (unpaired) electrons. The second kappa shape index (κ2) is 7.68. The molecule has 2 amide bonds. The summed E-state index contributed by atoms with van der Waals surface area (Å²) in [6, 6.07) is 14.3. The van der Waals surface area contributed by atoms with E-state index in [9.17, 15) is 9.59 Å². The van der Waals surface area contributed by atoms with Crippen molar-refractivity contribution >= 4 is 22.6 Å². The Morgan fingerprint density at radius 3 is 2.64 bits per heavy atom. The molecule has 132 valence electrons. The van der Waals surface area contributed by atoms with Crippen LogP contribution >= 0.6 is 0 Å². The minimum Gasteiger partial charge on any atom is -0.352 e. The van der Waals surface area contributed by atoms with Crippen LogP contribution in [0.5, 0.6) is 0 Å². The highest BCUT2D eigenvalue weighted by Crippen LogP contribution is 2.26. The summed E-state index contributed by atoms with van der Waals surface area (Å²) < 4.78 is 0. The lowest BCUT2D eigenvalue weighted by Crippen LogP contribution is -2.41. The first-order valence-corrected chi connectivity index (χ1v) is 9.18. The molecule has 0 aromatic heterocycles. The van der Waals surface area contributed by atoms with Crippen LogP contribution in [-0.2, 0) is 4.79 Å². The summed E-state index contributed by atoms with van der Waals surface area (Å²) in [6.45, 7) is 4.62. The minimum absolute atomic E-state index is 0.125. The van der Waals surface area contributed by atoms with Crippen LogP contribution in [0.3, 0.4) is 0 Å². The predicted octanol–water partition coefficient (Wildman–Crippen LogP) is 3.75. The van der Waals surface area contributed by atoms with Gasteiger partial charge in [0.1, 0.15) is 0 Å². The molecule has 0 spiro atoms. The van der Waals surface area contributed by atoms with E-state index in [-0.39, 0.29) is 11.8 Å². The van der Waals surface area contributed by atoms with Gasteiger partial charge in [-0.1, -0.05) is 37.3 Å². The smallest absolute Gasteiger partial charge is 0.251 e. The van der Waals surface area contributed by atoms with Crippen molar-refractivity contribution in [3.05, 3.63) is 48.0 Å². The second-order valence-corrected chi connectivity index (χ2v) is 6.86. The summed E-state index contributed by atoms with van der Waals surface area (Å²) in [6.07, 6.45) is 3.53. The zero-order valence-electron chi connectivity index (χ0n) is 15.0. The van der Waals surface area contributed by atoms with Crippen LogP contribution in [-0.4, -0.2) is 35.3 Å².